The van der Waals surface area contributed by atoms with Crippen LogP contribution in [0.5, 0.6) is 11.5 Å². The first-order valence-electron chi connectivity index (χ1n) is 11.7. The topological polar surface area (TPSA) is 55.8 Å². The number of nitrogens with zero attached hydrogens (tertiary/aromatic N) is 1. The highest BCUT2D eigenvalue weighted by Crippen LogP contribution is 2.66. The molecule has 6 rings (SSSR count). The fourth-order valence-corrected chi connectivity index (χ4v) is 6.75. The predicted octanol–water partition coefficient (Wildman–Crippen LogP) is -1.02. The molecule has 2 saturated carbocycles. The van der Waals surface area contributed by atoms with E-state index in [0.717, 1.165) is 24.0 Å². The number of quaternary nitrogens is 1. The lowest BCUT2D eigenvalue weighted by molar-refractivity contribution is -0.950. The van der Waals surface area contributed by atoms with Crippen molar-refractivity contribution in [2.45, 2.75) is 61.7 Å². The third kappa shape index (κ3) is 2.07. The number of Topliss-reactive ketones (excluding diaryl/α,β-unsaturated/α-hetero) is 1. The van der Waals surface area contributed by atoms with Crippen LogP contribution in [0.1, 0.15) is 47.3 Å². The van der Waals surface area contributed by atoms with Crippen molar-refractivity contribution in [1.82, 2.24) is 0 Å². The Kier molecular flexibility index (Phi) is 3.32. The molecule has 152 valence electrons. The Morgan fingerprint density at radius 2 is 2.21 bits per heavy atom. The van der Waals surface area contributed by atoms with Crippen LogP contribution >= 0.6 is 0 Å². The Labute approximate surface area is 187 Å². The van der Waals surface area contributed by atoms with Crippen molar-refractivity contribution in [1.29, 1.82) is 0 Å². The lowest BCUT2D eigenvalue weighted by Crippen LogP contribution is -3.00. The molecule has 1 N–H and O–H groups in total. The molecule has 5 aliphatic rings. The first-order valence-corrected chi connectivity index (χ1v) is 10.2. The molecule has 28 heavy (non-hydrogen) atoms. The molecule has 1 unspecified atom stereocenters. The van der Waals surface area contributed by atoms with Crippen molar-refractivity contribution in [3.63, 3.8) is 0 Å². The van der Waals surface area contributed by atoms with E-state index in [1.54, 1.807) is 7.11 Å². The molecule has 2 heterocycles. The molecule has 5 nitrogen and oxygen atoms in total. The number of likely N-dealkylation sites (tertiary alicyclic amines) is 1. The van der Waals surface area contributed by atoms with E-state index < -0.39 is 30.1 Å². The van der Waals surface area contributed by atoms with Crippen molar-refractivity contribution in [2.75, 3.05) is 27.2 Å². The zero-order valence-electron chi connectivity index (χ0n) is 19.0. The Morgan fingerprint density at radius 3 is 2.93 bits per heavy atom. The molecule has 0 amide bonds. The number of rotatable bonds is 3. The van der Waals surface area contributed by atoms with Crippen LogP contribution in [-0.4, -0.2) is 60.3 Å². The molecule has 3 aliphatic carbocycles. The number of halogens is 1. The number of hydrogen-bond donors (Lipinski definition) is 1. The number of methoxy groups -OCH3 is 1. The molecule has 0 aromatic heterocycles. The van der Waals surface area contributed by atoms with Gasteiger partial charge in [0.05, 0.1) is 36.7 Å². The number of piperidine rings is 1. The smallest absolute Gasteiger partial charge is 0.174 e. The van der Waals surface area contributed by atoms with Crippen molar-refractivity contribution in [3.05, 3.63) is 23.3 Å². The number of ether oxygens (including phenoxy) is 2. The van der Waals surface area contributed by atoms with Crippen LogP contribution in [0.25, 0.3) is 0 Å². The van der Waals surface area contributed by atoms with E-state index in [2.05, 4.69) is 0 Å². The maximum absolute atomic E-state index is 13.0. The number of likely N-dealkylation sites (N-methyl/N-ethyl adjacent to an activating group) is 1. The minimum Gasteiger partial charge on any atom is -1.00 e. The van der Waals surface area contributed by atoms with Gasteiger partial charge in [0.2, 0.25) is 0 Å². The third-order valence-electron chi connectivity index (χ3n) is 8.12. The van der Waals surface area contributed by atoms with Crippen LogP contribution < -0.4 is 33.5 Å². The average molecular weight is 500 g/mol. The predicted molar refractivity (Wildman–Crippen MR) is 99.0 cm³/mol. The van der Waals surface area contributed by atoms with Crippen molar-refractivity contribution in [2.24, 2.45) is 5.92 Å². The monoisotopic (exact) mass is 500 g/mol. The van der Waals surface area contributed by atoms with Gasteiger partial charge in [-0.2, -0.15) is 0 Å². The second-order valence-corrected chi connectivity index (χ2v) is 9.34. The summed E-state index contributed by atoms with van der Waals surface area (Å²) in [5, 5.41) is 12.4. The Bertz CT molecular complexity index is 967. The van der Waals surface area contributed by atoms with E-state index in [1.165, 1.54) is 0 Å². The minimum atomic E-state index is -2.21. The Hall–Kier alpha value is -0.860. The standard InChI is InChI=1S/C22H28NO4.HI/c1-23(12-13-3-4-13)10-9-21-18-14-5-6-16(26-2)19(18)27-20(21)15(24)7-8-22(21,25)17(23)11-14;/h5-6,13,17,20,25H,3-4,7-12H2,1-2H3;1H/q+1;/p-1/t17-,20+,21+,22-,23?;/m1./s1/i1D3;. The van der Waals surface area contributed by atoms with Gasteiger partial charge in [-0.25, -0.2) is 0 Å². The number of ketones is 1. The number of carbonyl (C=O) groups excluding carboxylic acids is 1. The van der Waals surface area contributed by atoms with Crippen LogP contribution in [0.2, 0.25) is 0 Å². The van der Waals surface area contributed by atoms with Crippen LogP contribution in [0, 0.1) is 5.92 Å². The first-order chi connectivity index (χ1) is 14.2. The fourth-order valence-electron chi connectivity index (χ4n) is 6.75. The average Bonchev–Trinajstić information content (AvgIpc) is 3.42. The van der Waals surface area contributed by atoms with Gasteiger partial charge in [0.25, 0.3) is 0 Å². The molecule has 0 radical (unpaired) electrons. The van der Waals surface area contributed by atoms with E-state index >= 15 is 0 Å². The lowest BCUT2D eigenvalue weighted by atomic mass is 9.48. The van der Waals surface area contributed by atoms with Crippen molar-refractivity contribution < 1.29 is 51.9 Å². The Balaban J connectivity index is 0.00000204. The first kappa shape index (κ1) is 15.9. The van der Waals surface area contributed by atoms with Crippen LogP contribution in [0.3, 0.4) is 0 Å². The van der Waals surface area contributed by atoms with E-state index in [4.69, 9.17) is 13.6 Å². The summed E-state index contributed by atoms with van der Waals surface area (Å²) >= 11 is 0. The van der Waals surface area contributed by atoms with Gasteiger partial charge in [-0.1, -0.05) is 6.07 Å². The van der Waals surface area contributed by atoms with Crippen molar-refractivity contribution >= 4 is 5.78 Å². The van der Waals surface area contributed by atoms with E-state index in [0.29, 0.717) is 49.8 Å². The fraction of sp³-hybridized carbons (Fsp3) is 0.682. The summed E-state index contributed by atoms with van der Waals surface area (Å²) in [5.41, 5.74) is -0.257. The minimum absolute atomic E-state index is 0. The van der Waals surface area contributed by atoms with Crippen molar-refractivity contribution in [3.8, 4) is 11.5 Å². The van der Waals surface area contributed by atoms with Gasteiger partial charge in [0, 0.05) is 30.7 Å². The highest BCUT2D eigenvalue weighted by atomic mass is 127. The van der Waals surface area contributed by atoms with E-state index in [1.807, 2.05) is 12.1 Å². The number of carbonyl (C=O) groups is 1. The normalized spacial score (nSPS) is 44.4. The summed E-state index contributed by atoms with van der Waals surface area (Å²) in [7, 11) is 1.58. The van der Waals surface area contributed by atoms with Gasteiger partial charge < -0.3 is 43.0 Å². The summed E-state index contributed by atoms with van der Waals surface area (Å²) in [6.45, 7) is -1.20. The molecule has 2 bridgehead atoms. The molecule has 6 heteroatoms. The van der Waals surface area contributed by atoms with Crippen LogP contribution in [0.15, 0.2) is 12.1 Å². The van der Waals surface area contributed by atoms with Crippen LogP contribution in [-0.2, 0) is 16.6 Å². The maximum Gasteiger partial charge on any atom is 0.174 e. The summed E-state index contributed by atoms with van der Waals surface area (Å²) < 4.78 is 37.3. The second kappa shape index (κ2) is 5.85. The van der Waals surface area contributed by atoms with Gasteiger partial charge >= 0.3 is 0 Å². The van der Waals surface area contributed by atoms with E-state index in [-0.39, 0.29) is 40.7 Å². The molecule has 2 aliphatic heterocycles. The van der Waals surface area contributed by atoms with E-state index in [9.17, 15) is 9.90 Å². The highest BCUT2D eigenvalue weighted by molar-refractivity contribution is 5.90. The lowest BCUT2D eigenvalue weighted by Gasteiger charge is -2.64. The SMILES string of the molecule is [2H]C([2H])([2H])[N+]1(CC2CC2)CC[C@]23c4c5ccc(OC)c4O[C@H]2C(=O)CC[C@@]3(O)[C@H]1C5.[I-]. The maximum atomic E-state index is 13.0. The molecule has 3 fully saturated rings. The van der Waals surface area contributed by atoms with Gasteiger partial charge in [0.1, 0.15) is 11.6 Å². The quantitative estimate of drug-likeness (QED) is 0.427. The summed E-state index contributed by atoms with van der Waals surface area (Å²) in [5.74, 6) is 1.56. The zero-order chi connectivity index (χ0) is 21.1. The number of aliphatic hydroxyl groups is 1. The van der Waals surface area contributed by atoms with Crippen LogP contribution in [0.4, 0.5) is 0 Å². The Morgan fingerprint density at radius 1 is 1.39 bits per heavy atom. The number of benzene rings is 1. The number of hydrogen-bond acceptors (Lipinski definition) is 4. The summed E-state index contributed by atoms with van der Waals surface area (Å²) in [4.78, 5) is 13.0. The molecule has 5 atom stereocenters. The van der Waals surface area contributed by atoms with Gasteiger partial charge in [-0.05, 0) is 30.9 Å². The van der Waals surface area contributed by atoms with Gasteiger partial charge in [0.15, 0.2) is 23.4 Å². The molecular weight excluding hydrogens is 469 g/mol. The highest BCUT2D eigenvalue weighted by Gasteiger charge is 2.76. The molecule has 1 saturated heterocycles. The zero-order valence-corrected chi connectivity index (χ0v) is 18.2. The third-order valence-corrected chi connectivity index (χ3v) is 8.12. The molecule has 1 spiro atoms. The van der Waals surface area contributed by atoms with Gasteiger partial charge in [-0.15, -0.1) is 0 Å². The largest absolute Gasteiger partial charge is 1.00 e. The molecule has 1 aromatic rings. The summed E-state index contributed by atoms with van der Waals surface area (Å²) in [6.07, 6.45) is 2.81. The molecular formula is C22H28INO4. The van der Waals surface area contributed by atoms with Gasteiger partial charge in [-0.3, -0.25) is 4.79 Å². The second-order valence-electron chi connectivity index (χ2n) is 9.34. The molecule has 1 aromatic carbocycles. The summed E-state index contributed by atoms with van der Waals surface area (Å²) in [6, 6.07) is 3.36.